The highest BCUT2D eigenvalue weighted by molar-refractivity contribution is 6.35. The van der Waals surface area contributed by atoms with E-state index in [1.54, 1.807) is 13.0 Å². The van der Waals surface area contributed by atoms with Gasteiger partial charge in [-0.05, 0) is 31.0 Å². The second-order valence-corrected chi connectivity index (χ2v) is 6.50. The minimum Gasteiger partial charge on any atom is -0.339 e. The summed E-state index contributed by atoms with van der Waals surface area (Å²) in [6.45, 7) is 3.96. The zero-order chi connectivity index (χ0) is 16.4. The molecular weight excluding hydrogens is 338 g/mol. The highest BCUT2D eigenvalue weighted by Crippen LogP contribution is 2.22. The molecule has 1 unspecified atom stereocenters. The second-order valence-electron chi connectivity index (χ2n) is 5.65. The molecule has 1 N–H and O–H groups in total. The first kappa shape index (κ1) is 16.4. The van der Waals surface area contributed by atoms with E-state index in [0.29, 0.717) is 34.3 Å². The Balaban J connectivity index is 1.58. The van der Waals surface area contributed by atoms with Crippen molar-refractivity contribution in [3.05, 3.63) is 51.5 Å². The van der Waals surface area contributed by atoms with Crippen LogP contribution in [0.15, 0.2) is 24.4 Å². The number of nitrogens with one attached hydrogen (secondary N) is 1. The van der Waals surface area contributed by atoms with Gasteiger partial charge in [0.15, 0.2) is 5.82 Å². The number of benzene rings is 1. The molecule has 23 heavy (non-hydrogen) atoms. The Kier molecular flexibility index (Phi) is 4.99. The van der Waals surface area contributed by atoms with Crippen LogP contribution in [0.5, 0.6) is 0 Å². The molecule has 122 valence electrons. The van der Waals surface area contributed by atoms with Crippen LogP contribution in [0.1, 0.15) is 17.7 Å². The summed E-state index contributed by atoms with van der Waals surface area (Å²) in [6.07, 6.45) is 2.21. The summed E-state index contributed by atoms with van der Waals surface area (Å²) < 4.78 is 13.3. The smallest absolute Gasteiger partial charge is 0.225 e. The van der Waals surface area contributed by atoms with Gasteiger partial charge in [0.05, 0.1) is 11.9 Å². The van der Waals surface area contributed by atoms with Crippen LogP contribution in [0, 0.1) is 12.7 Å². The molecule has 0 saturated carbocycles. The maximum absolute atomic E-state index is 13.3. The van der Waals surface area contributed by atoms with Crippen LogP contribution in [-0.4, -0.2) is 29.1 Å². The molecule has 1 atom stereocenters. The number of rotatable bonds is 4. The number of halogens is 3. The van der Waals surface area contributed by atoms with Gasteiger partial charge >= 0.3 is 0 Å². The maximum atomic E-state index is 13.3. The molecule has 2 aromatic rings. The van der Waals surface area contributed by atoms with Crippen LogP contribution in [-0.2, 0) is 6.54 Å². The predicted octanol–water partition coefficient (Wildman–Crippen LogP) is 3.60. The molecule has 1 fully saturated rings. The van der Waals surface area contributed by atoms with Crippen LogP contribution in [0.3, 0.4) is 0 Å². The predicted molar refractivity (Wildman–Crippen MR) is 90.6 cm³/mol. The van der Waals surface area contributed by atoms with Gasteiger partial charge in [0.2, 0.25) is 5.95 Å². The Bertz CT molecular complexity index is 710. The molecule has 7 heteroatoms. The van der Waals surface area contributed by atoms with Crippen molar-refractivity contribution in [1.82, 2.24) is 15.3 Å². The fourth-order valence-corrected chi connectivity index (χ4v) is 3.10. The van der Waals surface area contributed by atoms with Crippen molar-refractivity contribution in [3.8, 4) is 0 Å². The molecule has 3 rings (SSSR count). The maximum Gasteiger partial charge on any atom is 0.225 e. The normalized spacial score (nSPS) is 17.7. The summed E-state index contributed by atoms with van der Waals surface area (Å²) in [4.78, 5) is 10.3. The Labute approximate surface area is 144 Å². The monoisotopic (exact) mass is 354 g/mol. The van der Waals surface area contributed by atoms with E-state index in [-0.39, 0.29) is 5.82 Å². The number of aromatic nitrogens is 2. The first-order chi connectivity index (χ1) is 11.0. The Hall–Kier alpha value is -1.43. The van der Waals surface area contributed by atoms with Gasteiger partial charge in [-0.3, -0.25) is 0 Å². The first-order valence-corrected chi connectivity index (χ1v) is 8.20. The fraction of sp³-hybridized carbons (Fsp3) is 0.375. The van der Waals surface area contributed by atoms with E-state index >= 15 is 0 Å². The number of hydrogen-bond acceptors (Lipinski definition) is 4. The molecule has 0 spiro atoms. The Morgan fingerprint density at radius 1 is 1.39 bits per heavy atom. The van der Waals surface area contributed by atoms with E-state index < -0.39 is 0 Å². The third-order valence-electron chi connectivity index (χ3n) is 3.97. The minimum absolute atomic E-state index is 0.315. The Morgan fingerprint density at radius 2 is 2.22 bits per heavy atom. The molecule has 0 amide bonds. The molecule has 1 aromatic carbocycles. The topological polar surface area (TPSA) is 41.1 Å². The molecular formula is C16H17Cl2FN4. The molecule has 0 bridgehead atoms. The van der Waals surface area contributed by atoms with Crippen molar-refractivity contribution in [1.29, 1.82) is 0 Å². The molecule has 0 aliphatic carbocycles. The third kappa shape index (κ3) is 3.91. The first-order valence-electron chi connectivity index (χ1n) is 7.44. The molecule has 1 saturated heterocycles. The van der Waals surface area contributed by atoms with Crippen molar-refractivity contribution in [2.24, 2.45) is 0 Å². The summed E-state index contributed by atoms with van der Waals surface area (Å²) >= 11 is 12.1. The van der Waals surface area contributed by atoms with Gasteiger partial charge in [-0.2, -0.15) is 0 Å². The number of hydrogen-bond donors (Lipinski definition) is 1. The highest BCUT2D eigenvalue weighted by atomic mass is 35.5. The van der Waals surface area contributed by atoms with Gasteiger partial charge in [0, 0.05) is 35.7 Å². The fourth-order valence-electron chi connectivity index (χ4n) is 2.62. The molecule has 1 aliphatic rings. The van der Waals surface area contributed by atoms with Crippen molar-refractivity contribution in [2.45, 2.75) is 25.9 Å². The van der Waals surface area contributed by atoms with E-state index in [1.807, 2.05) is 12.1 Å². The van der Waals surface area contributed by atoms with E-state index in [4.69, 9.17) is 23.2 Å². The van der Waals surface area contributed by atoms with Gasteiger partial charge in [-0.15, -0.1) is 0 Å². The quantitative estimate of drug-likeness (QED) is 0.910. The summed E-state index contributed by atoms with van der Waals surface area (Å²) in [6, 6.07) is 5.82. The number of aryl methyl sites for hydroxylation is 1. The summed E-state index contributed by atoms with van der Waals surface area (Å²) in [5.41, 5.74) is 1.39. The zero-order valence-electron chi connectivity index (χ0n) is 12.7. The Morgan fingerprint density at radius 3 is 2.96 bits per heavy atom. The SMILES string of the molecule is Cc1nc(N2CCC(NCc3ccc(Cl)cc3Cl)C2)ncc1F. The number of anilines is 1. The van der Waals surface area contributed by atoms with Crippen molar-refractivity contribution in [3.63, 3.8) is 0 Å². The molecule has 4 nitrogen and oxygen atoms in total. The largest absolute Gasteiger partial charge is 0.339 e. The second kappa shape index (κ2) is 6.99. The van der Waals surface area contributed by atoms with Crippen molar-refractivity contribution >= 4 is 29.2 Å². The van der Waals surface area contributed by atoms with Crippen molar-refractivity contribution in [2.75, 3.05) is 18.0 Å². The summed E-state index contributed by atoms with van der Waals surface area (Å²) in [5.74, 6) is 0.206. The molecule has 1 aromatic heterocycles. The van der Waals surface area contributed by atoms with Crippen LogP contribution in [0.25, 0.3) is 0 Å². The van der Waals surface area contributed by atoms with Gasteiger partial charge in [0.1, 0.15) is 0 Å². The van der Waals surface area contributed by atoms with Gasteiger partial charge in [0.25, 0.3) is 0 Å². The van der Waals surface area contributed by atoms with E-state index in [1.165, 1.54) is 6.20 Å². The molecule has 1 aliphatic heterocycles. The highest BCUT2D eigenvalue weighted by Gasteiger charge is 2.24. The molecule has 0 radical (unpaired) electrons. The van der Waals surface area contributed by atoms with Crippen LogP contribution >= 0.6 is 23.2 Å². The molecule has 2 heterocycles. The minimum atomic E-state index is -0.375. The zero-order valence-corrected chi connectivity index (χ0v) is 14.2. The lowest BCUT2D eigenvalue weighted by Gasteiger charge is -2.17. The van der Waals surface area contributed by atoms with E-state index in [2.05, 4.69) is 20.2 Å². The standard InChI is InChI=1S/C16H17Cl2FN4/c1-10-15(19)8-21-16(22-10)23-5-4-13(9-23)20-7-11-2-3-12(17)6-14(11)18/h2-3,6,8,13,20H,4-5,7,9H2,1H3. The van der Waals surface area contributed by atoms with Gasteiger partial charge in [-0.25, -0.2) is 14.4 Å². The average Bonchev–Trinajstić information content (AvgIpc) is 2.98. The van der Waals surface area contributed by atoms with Gasteiger partial charge < -0.3 is 10.2 Å². The van der Waals surface area contributed by atoms with Crippen LogP contribution < -0.4 is 10.2 Å². The lowest BCUT2D eigenvalue weighted by Crippen LogP contribution is -2.32. The van der Waals surface area contributed by atoms with E-state index in [9.17, 15) is 4.39 Å². The summed E-state index contributed by atoms with van der Waals surface area (Å²) in [5, 5.41) is 4.78. The van der Waals surface area contributed by atoms with Gasteiger partial charge in [-0.1, -0.05) is 29.3 Å². The average molecular weight is 355 g/mol. The van der Waals surface area contributed by atoms with Crippen LogP contribution in [0.4, 0.5) is 10.3 Å². The van der Waals surface area contributed by atoms with E-state index in [0.717, 1.165) is 25.1 Å². The van der Waals surface area contributed by atoms with Crippen LogP contribution in [0.2, 0.25) is 10.0 Å². The third-order valence-corrected chi connectivity index (χ3v) is 4.56. The van der Waals surface area contributed by atoms with Crippen molar-refractivity contribution < 1.29 is 4.39 Å². The number of nitrogens with zero attached hydrogens (tertiary/aromatic N) is 3. The lowest BCUT2D eigenvalue weighted by molar-refractivity contribution is 0.550. The lowest BCUT2D eigenvalue weighted by atomic mass is 10.2. The summed E-state index contributed by atoms with van der Waals surface area (Å²) in [7, 11) is 0.